The molecule has 4 heteroatoms. The molecule has 0 amide bonds. The second-order valence-electron chi connectivity index (χ2n) is 6.78. The summed E-state index contributed by atoms with van der Waals surface area (Å²) in [5.41, 5.74) is 0.348. The third kappa shape index (κ3) is 3.28. The monoisotopic (exact) mass is 285 g/mol. The number of anilines is 1. The molecule has 1 aliphatic carbocycles. The van der Waals surface area contributed by atoms with E-state index in [2.05, 4.69) is 26.1 Å². The highest BCUT2D eigenvalue weighted by Gasteiger charge is 2.30. The third-order valence-electron chi connectivity index (χ3n) is 4.35. The number of nitrogens with one attached hydrogen (secondary N) is 1. The zero-order chi connectivity index (χ0) is 14.9. The van der Waals surface area contributed by atoms with Gasteiger partial charge in [-0.2, -0.15) is 0 Å². The van der Waals surface area contributed by atoms with Gasteiger partial charge in [0.15, 0.2) is 17.5 Å². The molecule has 0 aliphatic heterocycles. The van der Waals surface area contributed by atoms with Crippen LogP contribution in [0.4, 0.5) is 18.9 Å². The zero-order valence-corrected chi connectivity index (χ0v) is 12.3. The number of halogens is 3. The molecule has 1 saturated carbocycles. The van der Waals surface area contributed by atoms with Crippen LogP contribution in [0.15, 0.2) is 12.1 Å². The number of hydrogen-bond acceptors (Lipinski definition) is 1. The van der Waals surface area contributed by atoms with Crippen LogP contribution >= 0.6 is 0 Å². The van der Waals surface area contributed by atoms with Crippen molar-refractivity contribution >= 4 is 5.69 Å². The van der Waals surface area contributed by atoms with Gasteiger partial charge in [-0.15, -0.1) is 0 Å². The highest BCUT2D eigenvalue weighted by atomic mass is 19.2. The predicted octanol–water partition coefficient (Wildman–Crippen LogP) is 5.12. The van der Waals surface area contributed by atoms with E-state index in [9.17, 15) is 13.2 Å². The van der Waals surface area contributed by atoms with Gasteiger partial charge in [0.2, 0.25) is 0 Å². The maximum Gasteiger partial charge on any atom is 0.196 e. The normalized spacial score (nSPS) is 23.7. The molecule has 0 unspecified atom stereocenters. The average molecular weight is 285 g/mol. The molecule has 0 atom stereocenters. The lowest BCUT2D eigenvalue weighted by atomic mass is 9.71. The molecule has 1 aliphatic rings. The van der Waals surface area contributed by atoms with E-state index >= 15 is 0 Å². The van der Waals surface area contributed by atoms with E-state index in [0.29, 0.717) is 5.92 Å². The fourth-order valence-electron chi connectivity index (χ4n) is 2.96. The minimum Gasteiger partial charge on any atom is -0.380 e. The van der Waals surface area contributed by atoms with Crippen LogP contribution in [0.3, 0.4) is 0 Å². The highest BCUT2D eigenvalue weighted by molar-refractivity contribution is 5.46. The standard InChI is InChI=1S/C16H22F3N/c1-16(2,3)10-4-6-11(7-5-10)20-13-9-8-12(17)14(18)15(13)19/h8-11,20H,4-7H2,1-3H3. The summed E-state index contributed by atoms with van der Waals surface area (Å²) in [6.07, 6.45) is 4.01. The number of hydrogen-bond donors (Lipinski definition) is 1. The third-order valence-corrected chi connectivity index (χ3v) is 4.35. The SMILES string of the molecule is CC(C)(C)C1CCC(Nc2ccc(F)c(F)c2F)CC1. The summed E-state index contributed by atoms with van der Waals surface area (Å²) in [5.74, 6) is -3.01. The van der Waals surface area contributed by atoms with Crippen molar-refractivity contribution in [2.24, 2.45) is 11.3 Å². The van der Waals surface area contributed by atoms with Crippen LogP contribution < -0.4 is 5.32 Å². The van der Waals surface area contributed by atoms with Gasteiger partial charge in [-0.1, -0.05) is 20.8 Å². The average Bonchev–Trinajstić information content (AvgIpc) is 2.39. The summed E-state index contributed by atoms with van der Waals surface area (Å²) in [6, 6.07) is 2.36. The molecule has 1 aromatic carbocycles. The topological polar surface area (TPSA) is 12.0 Å². The van der Waals surface area contributed by atoms with Gasteiger partial charge in [0.05, 0.1) is 5.69 Å². The summed E-state index contributed by atoms with van der Waals surface area (Å²) in [5, 5.41) is 3.01. The van der Waals surface area contributed by atoms with E-state index in [-0.39, 0.29) is 17.1 Å². The van der Waals surface area contributed by atoms with E-state index < -0.39 is 17.5 Å². The molecule has 0 saturated heterocycles. The molecular formula is C16H22F3N. The molecule has 0 bridgehead atoms. The Morgan fingerprint density at radius 3 is 2.10 bits per heavy atom. The first-order valence-corrected chi connectivity index (χ1v) is 7.19. The van der Waals surface area contributed by atoms with Gasteiger partial charge < -0.3 is 5.32 Å². The van der Waals surface area contributed by atoms with Crippen molar-refractivity contribution in [1.29, 1.82) is 0 Å². The van der Waals surface area contributed by atoms with Crippen LogP contribution in [0.25, 0.3) is 0 Å². The van der Waals surface area contributed by atoms with Crippen molar-refractivity contribution in [2.75, 3.05) is 5.32 Å². The van der Waals surface area contributed by atoms with Gasteiger partial charge in [0.25, 0.3) is 0 Å². The zero-order valence-electron chi connectivity index (χ0n) is 12.3. The van der Waals surface area contributed by atoms with E-state index in [1.807, 2.05) is 0 Å². The Bertz CT molecular complexity index is 471. The first-order valence-electron chi connectivity index (χ1n) is 7.19. The van der Waals surface area contributed by atoms with Crippen LogP contribution in [-0.2, 0) is 0 Å². The van der Waals surface area contributed by atoms with Gasteiger partial charge in [-0.25, -0.2) is 13.2 Å². The predicted molar refractivity (Wildman–Crippen MR) is 75.1 cm³/mol. The van der Waals surface area contributed by atoms with Crippen LogP contribution in [0, 0.1) is 28.8 Å². The lowest BCUT2D eigenvalue weighted by Crippen LogP contribution is -2.31. The molecule has 1 nitrogen and oxygen atoms in total. The molecule has 2 rings (SSSR count). The first-order chi connectivity index (χ1) is 9.29. The van der Waals surface area contributed by atoms with Crippen molar-refractivity contribution in [3.05, 3.63) is 29.6 Å². The Balaban J connectivity index is 1.98. The van der Waals surface area contributed by atoms with Crippen LogP contribution in [0.5, 0.6) is 0 Å². The van der Waals surface area contributed by atoms with Crippen molar-refractivity contribution < 1.29 is 13.2 Å². The second kappa shape index (κ2) is 5.66. The fraction of sp³-hybridized carbons (Fsp3) is 0.625. The molecule has 1 N–H and O–H groups in total. The largest absolute Gasteiger partial charge is 0.380 e. The van der Waals surface area contributed by atoms with Crippen molar-refractivity contribution in [3.63, 3.8) is 0 Å². The lowest BCUT2D eigenvalue weighted by Gasteiger charge is -2.37. The second-order valence-corrected chi connectivity index (χ2v) is 6.78. The quantitative estimate of drug-likeness (QED) is 0.744. The Kier molecular flexibility index (Phi) is 4.31. The number of benzene rings is 1. The minimum absolute atomic E-state index is 0.0584. The lowest BCUT2D eigenvalue weighted by molar-refractivity contribution is 0.173. The molecule has 112 valence electrons. The fourth-order valence-corrected chi connectivity index (χ4v) is 2.96. The summed E-state index contributed by atoms with van der Waals surface area (Å²) in [7, 11) is 0. The molecule has 0 spiro atoms. The van der Waals surface area contributed by atoms with E-state index in [0.717, 1.165) is 31.7 Å². The van der Waals surface area contributed by atoms with Crippen LogP contribution in [0.1, 0.15) is 46.5 Å². The van der Waals surface area contributed by atoms with Gasteiger partial charge in [0, 0.05) is 6.04 Å². The van der Waals surface area contributed by atoms with Crippen molar-refractivity contribution in [3.8, 4) is 0 Å². The molecule has 1 aromatic rings. The van der Waals surface area contributed by atoms with Crippen molar-refractivity contribution in [2.45, 2.75) is 52.5 Å². The van der Waals surface area contributed by atoms with E-state index in [1.165, 1.54) is 6.07 Å². The van der Waals surface area contributed by atoms with Crippen LogP contribution in [-0.4, -0.2) is 6.04 Å². The molecule has 0 aromatic heterocycles. The molecule has 0 heterocycles. The maximum atomic E-state index is 13.6. The molecule has 1 fully saturated rings. The van der Waals surface area contributed by atoms with Crippen molar-refractivity contribution in [1.82, 2.24) is 0 Å². The Morgan fingerprint density at radius 2 is 1.55 bits per heavy atom. The van der Waals surface area contributed by atoms with E-state index in [4.69, 9.17) is 0 Å². The molecule has 20 heavy (non-hydrogen) atoms. The Hall–Kier alpha value is -1.19. The van der Waals surface area contributed by atoms with Gasteiger partial charge in [-0.05, 0) is 49.1 Å². The Labute approximate surface area is 118 Å². The molecule has 0 radical (unpaired) electrons. The summed E-state index contributed by atoms with van der Waals surface area (Å²) >= 11 is 0. The maximum absolute atomic E-state index is 13.6. The number of rotatable bonds is 2. The summed E-state index contributed by atoms with van der Waals surface area (Å²) in [4.78, 5) is 0. The summed E-state index contributed by atoms with van der Waals surface area (Å²) < 4.78 is 39.7. The first kappa shape index (κ1) is 15.2. The molecular weight excluding hydrogens is 263 g/mol. The minimum atomic E-state index is -1.40. The highest BCUT2D eigenvalue weighted by Crippen LogP contribution is 2.38. The Morgan fingerprint density at radius 1 is 0.950 bits per heavy atom. The van der Waals surface area contributed by atoms with Gasteiger partial charge >= 0.3 is 0 Å². The smallest absolute Gasteiger partial charge is 0.196 e. The van der Waals surface area contributed by atoms with Gasteiger partial charge in [0.1, 0.15) is 0 Å². The van der Waals surface area contributed by atoms with E-state index in [1.54, 1.807) is 0 Å². The van der Waals surface area contributed by atoms with Gasteiger partial charge in [-0.3, -0.25) is 0 Å². The summed E-state index contributed by atoms with van der Waals surface area (Å²) in [6.45, 7) is 6.71. The van der Waals surface area contributed by atoms with Crippen LogP contribution in [0.2, 0.25) is 0 Å².